The molecular weight excluding hydrogens is 478 g/mol. The maximum atomic E-state index is 12.4. The van der Waals surface area contributed by atoms with E-state index in [9.17, 15) is 4.79 Å². The third kappa shape index (κ3) is 14.2. The van der Waals surface area contributed by atoms with E-state index in [-0.39, 0.29) is 17.0 Å². The summed E-state index contributed by atoms with van der Waals surface area (Å²) in [5, 5.41) is 10.4. The Morgan fingerprint density at radius 2 is 1.36 bits per heavy atom. The fourth-order valence-electron chi connectivity index (χ4n) is 7.68. The SMILES string of the molecule is CCCNC(C)(CC)CCC(=O)NCCNC(C)(C)CCCC(C)(C)CC(C)(C)CC1C(CC)CCC1CC. The molecule has 232 valence electrons. The maximum Gasteiger partial charge on any atom is 0.220 e. The van der Waals surface area contributed by atoms with Crippen molar-refractivity contribution in [2.75, 3.05) is 19.6 Å². The van der Waals surface area contributed by atoms with Gasteiger partial charge in [0.05, 0.1) is 0 Å². The van der Waals surface area contributed by atoms with Gasteiger partial charge in [-0.3, -0.25) is 4.79 Å². The van der Waals surface area contributed by atoms with Crippen LogP contribution in [-0.4, -0.2) is 36.6 Å². The average molecular weight is 550 g/mol. The molecule has 3 atom stereocenters. The van der Waals surface area contributed by atoms with Crippen LogP contribution in [0.3, 0.4) is 0 Å². The van der Waals surface area contributed by atoms with Crippen molar-refractivity contribution in [3.05, 3.63) is 0 Å². The van der Waals surface area contributed by atoms with Crippen molar-refractivity contribution in [1.29, 1.82) is 0 Å². The quantitative estimate of drug-likeness (QED) is 0.125. The van der Waals surface area contributed by atoms with Crippen LogP contribution in [0.4, 0.5) is 0 Å². The van der Waals surface area contributed by atoms with Gasteiger partial charge in [0.25, 0.3) is 0 Å². The third-order valence-electron chi connectivity index (χ3n) is 10.1. The Bertz CT molecular complexity index is 673. The van der Waals surface area contributed by atoms with Gasteiger partial charge in [0.1, 0.15) is 0 Å². The highest BCUT2D eigenvalue weighted by Gasteiger charge is 2.39. The number of amides is 1. The highest BCUT2D eigenvalue weighted by molar-refractivity contribution is 5.75. The summed E-state index contributed by atoms with van der Waals surface area (Å²) < 4.78 is 0. The Morgan fingerprint density at radius 1 is 0.744 bits per heavy atom. The second-order valence-electron chi connectivity index (χ2n) is 15.6. The van der Waals surface area contributed by atoms with Crippen LogP contribution in [-0.2, 0) is 4.79 Å². The first kappa shape index (κ1) is 36.4. The zero-order valence-corrected chi connectivity index (χ0v) is 28.5. The van der Waals surface area contributed by atoms with Gasteiger partial charge in [0.2, 0.25) is 5.91 Å². The van der Waals surface area contributed by atoms with Crippen molar-refractivity contribution < 1.29 is 4.79 Å². The standard InChI is InChI=1S/C35H71N3O/c1-12-23-38-35(11,15-4)22-19-31(39)36-24-25-37-34(9,10)21-16-20-32(5,6)27-33(7,8)26-30-28(13-2)17-18-29(30)14-3/h28-30,37-38H,12-27H2,1-11H3,(H,36,39). The molecule has 1 aliphatic carbocycles. The lowest BCUT2D eigenvalue weighted by atomic mass is 9.66. The van der Waals surface area contributed by atoms with Crippen molar-refractivity contribution >= 4 is 5.91 Å². The van der Waals surface area contributed by atoms with Crippen LogP contribution in [0.2, 0.25) is 0 Å². The van der Waals surface area contributed by atoms with Gasteiger partial charge in [-0.2, -0.15) is 0 Å². The molecule has 39 heavy (non-hydrogen) atoms. The molecule has 3 unspecified atom stereocenters. The minimum atomic E-state index is 0.0585. The lowest BCUT2D eigenvalue weighted by molar-refractivity contribution is -0.121. The van der Waals surface area contributed by atoms with Gasteiger partial charge in [0.15, 0.2) is 0 Å². The van der Waals surface area contributed by atoms with Crippen LogP contribution in [0.25, 0.3) is 0 Å². The lowest BCUT2D eigenvalue weighted by Gasteiger charge is -2.39. The molecule has 0 saturated heterocycles. The van der Waals surface area contributed by atoms with Gasteiger partial charge in [-0.1, -0.05) is 74.7 Å². The minimum Gasteiger partial charge on any atom is -0.355 e. The van der Waals surface area contributed by atoms with E-state index in [1.165, 1.54) is 57.8 Å². The average Bonchev–Trinajstić information content (AvgIpc) is 3.23. The zero-order chi connectivity index (χ0) is 29.7. The number of rotatable bonds is 21. The van der Waals surface area contributed by atoms with E-state index in [4.69, 9.17) is 0 Å². The van der Waals surface area contributed by atoms with Crippen LogP contribution in [0, 0.1) is 28.6 Å². The third-order valence-corrected chi connectivity index (χ3v) is 10.1. The van der Waals surface area contributed by atoms with E-state index in [1.54, 1.807) is 0 Å². The molecule has 0 spiro atoms. The molecule has 0 radical (unpaired) electrons. The van der Waals surface area contributed by atoms with Gasteiger partial charge < -0.3 is 16.0 Å². The van der Waals surface area contributed by atoms with Crippen LogP contribution in [0.1, 0.15) is 160 Å². The molecule has 4 heteroatoms. The summed E-state index contributed by atoms with van der Waals surface area (Å²) in [5.74, 6) is 3.01. The number of nitrogens with one attached hydrogen (secondary N) is 3. The minimum absolute atomic E-state index is 0.0585. The topological polar surface area (TPSA) is 53.2 Å². The van der Waals surface area contributed by atoms with E-state index in [1.807, 2.05) is 0 Å². The van der Waals surface area contributed by atoms with Crippen molar-refractivity contribution in [3.63, 3.8) is 0 Å². The fraction of sp³-hybridized carbons (Fsp3) is 0.971. The smallest absolute Gasteiger partial charge is 0.220 e. The molecule has 0 aromatic rings. The molecule has 1 rings (SSSR count). The lowest BCUT2D eigenvalue weighted by Crippen LogP contribution is -2.45. The van der Waals surface area contributed by atoms with Crippen molar-refractivity contribution in [1.82, 2.24) is 16.0 Å². The largest absolute Gasteiger partial charge is 0.355 e. The Morgan fingerprint density at radius 3 is 1.90 bits per heavy atom. The Kier molecular flexibility index (Phi) is 15.6. The highest BCUT2D eigenvalue weighted by atomic mass is 16.1. The normalized spacial score (nSPS) is 22.2. The molecule has 1 aliphatic rings. The van der Waals surface area contributed by atoms with E-state index in [0.29, 0.717) is 23.8 Å². The Labute approximate surface area is 245 Å². The first-order valence-corrected chi connectivity index (χ1v) is 16.9. The van der Waals surface area contributed by atoms with Crippen molar-refractivity contribution in [3.8, 4) is 0 Å². The molecule has 1 saturated carbocycles. The number of hydrogen-bond donors (Lipinski definition) is 3. The van der Waals surface area contributed by atoms with Gasteiger partial charge >= 0.3 is 0 Å². The van der Waals surface area contributed by atoms with Crippen molar-refractivity contribution in [2.24, 2.45) is 28.6 Å². The Hall–Kier alpha value is -0.610. The molecule has 1 fully saturated rings. The summed E-state index contributed by atoms with van der Waals surface area (Å²) in [6.45, 7) is 28.7. The summed E-state index contributed by atoms with van der Waals surface area (Å²) in [5.41, 5.74) is 0.928. The van der Waals surface area contributed by atoms with E-state index in [0.717, 1.165) is 50.1 Å². The van der Waals surface area contributed by atoms with Gasteiger partial charge in [0, 0.05) is 30.6 Å². The van der Waals surface area contributed by atoms with E-state index in [2.05, 4.69) is 92.1 Å². The summed E-state index contributed by atoms with van der Waals surface area (Å²) in [7, 11) is 0. The summed E-state index contributed by atoms with van der Waals surface area (Å²) in [6.07, 6.45) is 15.7. The molecule has 0 heterocycles. The van der Waals surface area contributed by atoms with Crippen molar-refractivity contribution in [2.45, 2.75) is 171 Å². The maximum absolute atomic E-state index is 12.4. The predicted molar refractivity (Wildman–Crippen MR) is 172 cm³/mol. The summed E-state index contributed by atoms with van der Waals surface area (Å²) in [6, 6.07) is 0. The first-order valence-electron chi connectivity index (χ1n) is 16.9. The molecule has 0 aromatic heterocycles. The number of carbonyl (C=O) groups excluding carboxylic acids is 1. The van der Waals surface area contributed by atoms with Crippen LogP contribution in [0.5, 0.6) is 0 Å². The van der Waals surface area contributed by atoms with Gasteiger partial charge in [-0.05, 0) is 114 Å². The molecular formula is C35H71N3O. The van der Waals surface area contributed by atoms with Crippen LogP contribution >= 0.6 is 0 Å². The second-order valence-corrected chi connectivity index (χ2v) is 15.6. The van der Waals surface area contributed by atoms with E-state index < -0.39 is 0 Å². The first-order chi connectivity index (χ1) is 18.1. The summed E-state index contributed by atoms with van der Waals surface area (Å²) in [4.78, 5) is 12.4. The predicted octanol–water partition coefficient (Wildman–Crippen LogP) is 8.88. The molecule has 0 aliphatic heterocycles. The molecule has 3 N–H and O–H groups in total. The molecule has 1 amide bonds. The second kappa shape index (κ2) is 16.7. The van der Waals surface area contributed by atoms with Crippen LogP contribution < -0.4 is 16.0 Å². The Balaban J connectivity index is 2.37. The number of hydrogen-bond acceptors (Lipinski definition) is 3. The summed E-state index contributed by atoms with van der Waals surface area (Å²) >= 11 is 0. The molecule has 4 nitrogen and oxygen atoms in total. The number of carbonyl (C=O) groups is 1. The molecule has 0 bridgehead atoms. The van der Waals surface area contributed by atoms with Gasteiger partial charge in [-0.15, -0.1) is 0 Å². The van der Waals surface area contributed by atoms with Gasteiger partial charge in [-0.25, -0.2) is 0 Å². The fourth-order valence-corrected chi connectivity index (χ4v) is 7.68. The zero-order valence-electron chi connectivity index (χ0n) is 28.5. The molecule has 0 aromatic carbocycles. The monoisotopic (exact) mass is 550 g/mol. The van der Waals surface area contributed by atoms with E-state index >= 15 is 0 Å². The van der Waals surface area contributed by atoms with Crippen LogP contribution in [0.15, 0.2) is 0 Å². The highest BCUT2D eigenvalue weighted by Crippen LogP contribution is 2.49.